The van der Waals surface area contributed by atoms with Crippen LogP contribution in [0.5, 0.6) is 0 Å². The molecule has 1 fully saturated rings. The van der Waals surface area contributed by atoms with Crippen LogP contribution in [0.15, 0.2) is 54.0 Å². The minimum absolute atomic E-state index is 0.115. The zero-order valence-electron chi connectivity index (χ0n) is 13.9. The molecule has 2 aliphatic rings. The SMILES string of the molecule is FC1=C(N2CCNCC2)C(NCc2ccc3nccnc3c2)=CNC1. The lowest BCUT2D eigenvalue weighted by Gasteiger charge is -2.34. The van der Waals surface area contributed by atoms with Crippen molar-refractivity contribution in [2.45, 2.75) is 6.54 Å². The van der Waals surface area contributed by atoms with Crippen LogP contribution in [0.1, 0.15) is 5.56 Å². The number of hydrogen-bond donors (Lipinski definition) is 3. The van der Waals surface area contributed by atoms with Crippen molar-refractivity contribution in [2.75, 3.05) is 32.7 Å². The average molecular weight is 340 g/mol. The number of halogens is 1. The maximum Gasteiger partial charge on any atom is 0.144 e. The quantitative estimate of drug-likeness (QED) is 0.779. The molecular weight excluding hydrogens is 319 g/mol. The van der Waals surface area contributed by atoms with Gasteiger partial charge in [-0.1, -0.05) is 6.07 Å². The van der Waals surface area contributed by atoms with E-state index in [0.29, 0.717) is 12.2 Å². The summed E-state index contributed by atoms with van der Waals surface area (Å²) in [5.74, 6) is -0.115. The van der Waals surface area contributed by atoms with E-state index in [0.717, 1.165) is 48.5 Å². The third-order valence-corrected chi connectivity index (χ3v) is 4.47. The van der Waals surface area contributed by atoms with E-state index in [4.69, 9.17) is 0 Å². The molecule has 0 atom stereocenters. The summed E-state index contributed by atoms with van der Waals surface area (Å²) < 4.78 is 14.5. The molecule has 1 aromatic carbocycles. The minimum Gasteiger partial charge on any atom is -0.383 e. The minimum atomic E-state index is -0.115. The van der Waals surface area contributed by atoms with Crippen LogP contribution in [0.4, 0.5) is 4.39 Å². The number of dihydropyridines is 1. The molecule has 0 unspecified atom stereocenters. The van der Waals surface area contributed by atoms with Gasteiger partial charge in [0.15, 0.2) is 0 Å². The highest BCUT2D eigenvalue weighted by Crippen LogP contribution is 2.22. The fraction of sp³-hybridized carbons (Fsp3) is 0.333. The number of benzene rings is 1. The van der Waals surface area contributed by atoms with E-state index < -0.39 is 0 Å². The second-order valence-corrected chi connectivity index (χ2v) is 6.16. The van der Waals surface area contributed by atoms with Gasteiger partial charge in [-0.2, -0.15) is 0 Å². The molecule has 2 aliphatic heterocycles. The highest BCUT2D eigenvalue weighted by Gasteiger charge is 2.23. The van der Waals surface area contributed by atoms with Crippen LogP contribution >= 0.6 is 0 Å². The summed E-state index contributed by atoms with van der Waals surface area (Å²) in [6.45, 7) is 4.22. The Kier molecular flexibility index (Phi) is 4.47. The smallest absolute Gasteiger partial charge is 0.144 e. The van der Waals surface area contributed by atoms with Gasteiger partial charge in [-0.3, -0.25) is 9.97 Å². The van der Waals surface area contributed by atoms with Gasteiger partial charge in [0.05, 0.1) is 29.0 Å². The monoisotopic (exact) mass is 340 g/mol. The zero-order chi connectivity index (χ0) is 17.1. The Labute approximate surface area is 145 Å². The van der Waals surface area contributed by atoms with Gasteiger partial charge in [0, 0.05) is 51.3 Å². The standard InChI is InChI=1S/C18H21FN6/c19-14-11-21-12-17(18(14)25-7-5-20-6-8-25)24-10-13-1-2-15-16(9-13)23-4-3-22-15/h1-4,9,12,20-21,24H,5-8,10-11H2. The molecule has 25 heavy (non-hydrogen) atoms. The molecule has 0 radical (unpaired) electrons. The molecule has 0 saturated carbocycles. The van der Waals surface area contributed by atoms with Crippen molar-refractivity contribution in [3.8, 4) is 0 Å². The van der Waals surface area contributed by atoms with Crippen LogP contribution < -0.4 is 16.0 Å². The summed E-state index contributed by atoms with van der Waals surface area (Å²) in [7, 11) is 0. The molecule has 0 bridgehead atoms. The Balaban J connectivity index is 1.50. The number of fused-ring (bicyclic) bond motifs is 1. The van der Waals surface area contributed by atoms with Gasteiger partial charge in [-0.05, 0) is 17.7 Å². The molecule has 0 amide bonds. The van der Waals surface area contributed by atoms with E-state index in [1.54, 1.807) is 12.4 Å². The molecule has 1 aromatic heterocycles. The van der Waals surface area contributed by atoms with Gasteiger partial charge >= 0.3 is 0 Å². The molecule has 3 N–H and O–H groups in total. The summed E-state index contributed by atoms with van der Waals surface area (Å²) in [6.07, 6.45) is 5.24. The van der Waals surface area contributed by atoms with E-state index in [1.807, 2.05) is 24.4 Å². The van der Waals surface area contributed by atoms with E-state index in [2.05, 4.69) is 30.8 Å². The topological polar surface area (TPSA) is 65.1 Å². The molecule has 0 aliphatic carbocycles. The van der Waals surface area contributed by atoms with Crippen molar-refractivity contribution in [3.05, 3.63) is 59.6 Å². The first-order valence-electron chi connectivity index (χ1n) is 8.53. The maximum atomic E-state index is 14.5. The number of hydrogen-bond acceptors (Lipinski definition) is 6. The Morgan fingerprint density at radius 2 is 1.92 bits per heavy atom. The highest BCUT2D eigenvalue weighted by molar-refractivity contribution is 5.74. The predicted octanol–water partition coefficient (Wildman–Crippen LogP) is 1.25. The molecule has 6 nitrogen and oxygen atoms in total. The fourth-order valence-electron chi connectivity index (χ4n) is 3.22. The van der Waals surface area contributed by atoms with Crippen LogP contribution in [0.2, 0.25) is 0 Å². The molecule has 7 heteroatoms. The van der Waals surface area contributed by atoms with E-state index in [1.165, 1.54) is 0 Å². The van der Waals surface area contributed by atoms with Crippen molar-refractivity contribution in [1.82, 2.24) is 30.8 Å². The molecular formula is C18H21FN6. The van der Waals surface area contributed by atoms with Gasteiger partial charge < -0.3 is 20.9 Å². The lowest BCUT2D eigenvalue weighted by molar-refractivity contribution is 0.287. The summed E-state index contributed by atoms with van der Waals surface area (Å²) in [4.78, 5) is 10.7. The van der Waals surface area contributed by atoms with Crippen molar-refractivity contribution in [2.24, 2.45) is 0 Å². The van der Waals surface area contributed by atoms with Gasteiger partial charge in [0.1, 0.15) is 5.83 Å². The second-order valence-electron chi connectivity index (χ2n) is 6.16. The normalized spacial score (nSPS) is 18.1. The number of nitrogens with zero attached hydrogens (tertiary/aromatic N) is 3. The first-order valence-corrected chi connectivity index (χ1v) is 8.53. The summed E-state index contributed by atoms with van der Waals surface area (Å²) in [5, 5.41) is 9.67. The van der Waals surface area contributed by atoms with E-state index >= 15 is 0 Å². The Morgan fingerprint density at radius 1 is 1.12 bits per heavy atom. The van der Waals surface area contributed by atoms with Crippen molar-refractivity contribution >= 4 is 11.0 Å². The first kappa shape index (κ1) is 15.8. The van der Waals surface area contributed by atoms with Crippen molar-refractivity contribution in [1.29, 1.82) is 0 Å². The summed E-state index contributed by atoms with van der Waals surface area (Å²) in [6, 6.07) is 5.99. The van der Waals surface area contributed by atoms with Crippen molar-refractivity contribution in [3.63, 3.8) is 0 Å². The summed E-state index contributed by atoms with van der Waals surface area (Å²) >= 11 is 0. The number of aromatic nitrogens is 2. The number of piperazine rings is 1. The van der Waals surface area contributed by atoms with Crippen LogP contribution in [-0.2, 0) is 6.54 Å². The molecule has 4 rings (SSSR count). The van der Waals surface area contributed by atoms with Crippen LogP contribution in [0.25, 0.3) is 11.0 Å². The predicted molar refractivity (Wildman–Crippen MR) is 95.0 cm³/mol. The molecule has 130 valence electrons. The average Bonchev–Trinajstić information content (AvgIpc) is 2.67. The van der Waals surface area contributed by atoms with Crippen LogP contribution in [0, 0.1) is 0 Å². The fourth-order valence-corrected chi connectivity index (χ4v) is 3.22. The third kappa shape index (κ3) is 3.41. The van der Waals surface area contributed by atoms with Gasteiger partial charge in [-0.25, -0.2) is 4.39 Å². The van der Waals surface area contributed by atoms with Crippen molar-refractivity contribution < 1.29 is 4.39 Å². The van der Waals surface area contributed by atoms with Gasteiger partial charge in [0.2, 0.25) is 0 Å². The maximum absolute atomic E-state index is 14.5. The number of rotatable bonds is 4. The van der Waals surface area contributed by atoms with Gasteiger partial charge in [-0.15, -0.1) is 0 Å². The third-order valence-electron chi connectivity index (χ3n) is 4.47. The summed E-state index contributed by atoms with van der Waals surface area (Å²) in [5.41, 5.74) is 4.30. The van der Waals surface area contributed by atoms with Crippen LogP contribution in [-0.4, -0.2) is 47.6 Å². The lowest BCUT2D eigenvalue weighted by atomic mass is 10.1. The Bertz CT molecular complexity index is 825. The Hall–Kier alpha value is -2.67. The van der Waals surface area contributed by atoms with Gasteiger partial charge in [0.25, 0.3) is 0 Å². The Morgan fingerprint density at radius 3 is 2.76 bits per heavy atom. The zero-order valence-corrected chi connectivity index (χ0v) is 13.9. The largest absolute Gasteiger partial charge is 0.383 e. The van der Waals surface area contributed by atoms with E-state index in [9.17, 15) is 4.39 Å². The molecule has 1 saturated heterocycles. The number of nitrogens with one attached hydrogen (secondary N) is 3. The second kappa shape index (κ2) is 7.06. The van der Waals surface area contributed by atoms with E-state index in [-0.39, 0.29) is 12.4 Å². The van der Waals surface area contributed by atoms with Crippen LogP contribution in [0.3, 0.4) is 0 Å². The highest BCUT2D eigenvalue weighted by atomic mass is 19.1. The first-order chi connectivity index (χ1) is 12.3. The molecule has 2 aromatic rings. The molecule has 0 spiro atoms. The molecule has 3 heterocycles. The lowest BCUT2D eigenvalue weighted by Crippen LogP contribution is -2.45.